The monoisotopic (exact) mass is 347 g/mol. The molecular weight excluding hydrogens is 330 g/mol. The number of carbonyl (C=O) groups is 1. The minimum atomic E-state index is -0.0522. The molecule has 0 fully saturated rings. The molecule has 0 spiro atoms. The number of amides is 1. The maximum atomic E-state index is 11.7. The highest BCUT2D eigenvalue weighted by atomic mass is 79.9. The molecule has 0 aliphatic rings. The fourth-order valence-corrected chi connectivity index (χ4v) is 2.46. The Labute approximate surface area is 126 Å². The van der Waals surface area contributed by atoms with E-state index in [1.807, 2.05) is 25.3 Å². The second-order valence-electron chi connectivity index (χ2n) is 3.91. The van der Waals surface area contributed by atoms with Gasteiger partial charge in [0, 0.05) is 6.54 Å². The Morgan fingerprint density at radius 1 is 1.42 bits per heavy atom. The van der Waals surface area contributed by atoms with E-state index in [1.165, 1.54) is 11.8 Å². The van der Waals surface area contributed by atoms with Crippen LogP contribution in [0.5, 0.6) is 11.5 Å². The van der Waals surface area contributed by atoms with Gasteiger partial charge in [-0.1, -0.05) is 0 Å². The highest BCUT2D eigenvalue weighted by Gasteiger charge is 2.13. The number of carbonyl (C=O) groups excluding carboxylic acids is 1. The molecule has 1 amide bonds. The topological polar surface area (TPSA) is 47.6 Å². The number of benzene rings is 1. The lowest BCUT2D eigenvalue weighted by Gasteiger charge is -2.13. The molecule has 0 aromatic heterocycles. The van der Waals surface area contributed by atoms with Crippen LogP contribution in [0.2, 0.25) is 0 Å². The molecular formula is C13H18BrNO3S. The van der Waals surface area contributed by atoms with Gasteiger partial charge in [-0.05, 0) is 46.8 Å². The molecule has 1 atom stereocenters. The molecule has 19 heavy (non-hydrogen) atoms. The zero-order valence-electron chi connectivity index (χ0n) is 11.5. The Bertz CT molecular complexity index is 454. The van der Waals surface area contributed by atoms with Crippen molar-refractivity contribution in [2.24, 2.45) is 0 Å². The predicted octanol–water partition coefficient (Wildman–Crippen LogP) is 2.83. The lowest BCUT2D eigenvalue weighted by molar-refractivity contribution is -0.120. The molecule has 106 valence electrons. The summed E-state index contributed by atoms with van der Waals surface area (Å²) in [7, 11) is 3.17. The van der Waals surface area contributed by atoms with E-state index in [0.29, 0.717) is 18.0 Å². The molecule has 0 unspecified atom stereocenters. The summed E-state index contributed by atoms with van der Waals surface area (Å²) in [5.41, 5.74) is 0.950. The summed E-state index contributed by atoms with van der Waals surface area (Å²) in [6.45, 7) is 2.34. The van der Waals surface area contributed by atoms with E-state index < -0.39 is 0 Å². The highest BCUT2D eigenvalue weighted by Crippen LogP contribution is 2.36. The minimum absolute atomic E-state index is 0.0263. The van der Waals surface area contributed by atoms with E-state index in [0.717, 1.165) is 10.0 Å². The van der Waals surface area contributed by atoms with Crippen molar-refractivity contribution in [1.82, 2.24) is 5.32 Å². The van der Waals surface area contributed by atoms with E-state index in [-0.39, 0.29) is 11.2 Å². The first-order valence-electron chi connectivity index (χ1n) is 5.74. The van der Waals surface area contributed by atoms with Crippen LogP contribution in [0.25, 0.3) is 0 Å². The Morgan fingerprint density at radius 3 is 2.63 bits per heavy atom. The van der Waals surface area contributed by atoms with E-state index in [4.69, 9.17) is 9.47 Å². The Hall–Kier alpha value is -0.880. The van der Waals surface area contributed by atoms with Crippen LogP contribution in [0.15, 0.2) is 16.6 Å². The zero-order valence-corrected chi connectivity index (χ0v) is 13.9. The molecule has 0 heterocycles. The number of rotatable bonds is 6. The zero-order chi connectivity index (χ0) is 14.4. The van der Waals surface area contributed by atoms with Crippen LogP contribution >= 0.6 is 27.7 Å². The van der Waals surface area contributed by atoms with Gasteiger partial charge in [0.1, 0.15) is 0 Å². The summed E-state index contributed by atoms with van der Waals surface area (Å²) in [5.74, 6) is 1.31. The number of halogens is 1. The lowest BCUT2D eigenvalue weighted by Crippen LogP contribution is -2.30. The number of methoxy groups -OCH3 is 2. The molecule has 0 bridgehead atoms. The molecule has 1 N–H and O–H groups in total. The smallest absolute Gasteiger partial charge is 0.233 e. The average molecular weight is 348 g/mol. The molecule has 6 heteroatoms. The van der Waals surface area contributed by atoms with Crippen molar-refractivity contribution in [3.8, 4) is 11.5 Å². The van der Waals surface area contributed by atoms with Crippen molar-refractivity contribution in [2.45, 2.75) is 18.7 Å². The summed E-state index contributed by atoms with van der Waals surface area (Å²) in [6.07, 6.45) is 1.91. The summed E-state index contributed by atoms with van der Waals surface area (Å²) in [4.78, 5) is 11.7. The first-order chi connectivity index (χ1) is 9.03. The lowest BCUT2D eigenvalue weighted by atomic mass is 10.2. The Kier molecular flexibility index (Phi) is 6.51. The third-order valence-corrected chi connectivity index (χ3v) is 4.19. The molecule has 0 radical (unpaired) electrons. The third kappa shape index (κ3) is 4.31. The predicted molar refractivity (Wildman–Crippen MR) is 82.1 cm³/mol. The van der Waals surface area contributed by atoms with Gasteiger partial charge >= 0.3 is 0 Å². The van der Waals surface area contributed by atoms with Crippen LogP contribution < -0.4 is 14.8 Å². The fourth-order valence-electron chi connectivity index (χ4n) is 1.51. The van der Waals surface area contributed by atoms with Gasteiger partial charge in [-0.25, -0.2) is 0 Å². The molecule has 1 aromatic rings. The molecule has 4 nitrogen and oxygen atoms in total. The summed E-state index contributed by atoms with van der Waals surface area (Å²) >= 11 is 4.95. The maximum Gasteiger partial charge on any atom is 0.233 e. The fraction of sp³-hybridized carbons (Fsp3) is 0.462. The van der Waals surface area contributed by atoms with Crippen LogP contribution in [0.4, 0.5) is 0 Å². The normalized spacial score (nSPS) is 11.8. The van der Waals surface area contributed by atoms with Crippen LogP contribution in [0.3, 0.4) is 0 Å². The second-order valence-corrected chi connectivity index (χ2v) is 5.94. The summed E-state index contributed by atoms with van der Waals surface area (Å²) in [5, 5.41) is 2.84. The van der Waals surface area contributed by atoms with Gasteiger partial charge in [-0.2, -0.15) is 11.8 Å². The van der Waals surface area contributed by atoms with Gasteiger partial charge in [0.05, 0.1) is 23.9 Å². The molecule has 0 aliphatic carbocycles. The Morgan fingerprint density at radius 2 is 2.11 bits per heavy atom. The number of thioether (sulfide) groups is 1. The molecule has 1 rings (SSSR count). The first-order valence-corrected chi connectivity index (χ1v) is 7.82. The van der Waals surface area contributed by atoms with Crippen LogP contribution in [-0.4, -0.2) is 31.6 Å². The number of hydrogen-bond donors (Lipinski definition) is 1. The average Bonchev–Trinajstić information content (AvgIpc) is 2.42. The number of hydrogen-bond acceptors (Lipinski definition) is 4. The number of nitrogens with one attached hydrogen (secondary N) is 1. The Balaban J connectivity index is 2.80. The van der Waals surface area contributed by atoms with E-state index in [2.05, 4.69) is 21.2 Å². The molecule has 0 saturated carbocycles. The van der Waals surface area contributed by atoms with Gasteiger partial charge in [-0.3, -0.25) is 4.79 Å². The van der Waals surface area contributed by atoms with Crippen molar-refractivity contribution < 1.29 is 14.3 Å². The van der Waals surface area contributed by atoms with Crippen LogP contribution in [-0.2, 0) is 11.3 Å². The van der Waals surface area contributed by atoms with E-state index >= 15 is 0 Å². The second kappa shape index (κ2) is 7.65. The van der Waals surface area contributed by atoms with Crippen molar-refractivity contribution >= 4 is 33.6 Å². The number of ether oxygens (including phenoxy) is 2. The SMILES string of the molecule is COc1cc(CNC(=O)[C@@H](C)SC)cc(Br)c1OC. The third-order valence-electron chi connectivity index (χ3n) is 2.68. The van der Waals surface area contributed by atoms with E-state index in [9.17, 15) is 4.79 Å². The molecule has 0 aliphatic heterocycles. The summed E-state index contributed by atoms with van der Waals surface area (Å²) in [6, 6.07) is 3.76. The van der Waals surface area contributed by atoms with Crippen molar-refractivity contribution in [2.75, 3.05) is 20.5 Å². The van der Waals surface area contributed by atoms with Gasteiger partial charge in [0.25, 0.3) is 0 Å². The largest absolute Gasteiger partial charge is 0.493 e. The minimum Gasteiger partial charge on any atom is -0.493 e. The maximum absolute atomic E-state index is 11.7. The highest BCUT2D eigenvalue weighted by molar-refractivity contribution is 9.10. The van der Waals surface area contributed by atoms with Gasteiger partial charge < -0.3 is 14.8 Å². The van der Waals surface area contributed by atoms with Crippen LogP contribution in [0, 0.1) is 0 Å². The van der Waals surface area contributed by atoms with Gasteiger partial charge in [-0.15, -0.1) is 0 Å². The molecule has 1 aromatic carbocycles. The van der Waals surface area contributed by atoms with Crippen LogP contribution in [0.1, 0.15) is 12.5 Å². The first kappa shape index (κ1) is 16.2. The van der Waals surface area contributed by atoms with Crippen molar-refractivity contribution in [1.29, 1.82) is 0 Å². The summed E-state index contributed by atoms with van der Waals surface area (Å²) < 4.78 is 11.3. The standard InChI is InChI=1S/C13H18BrNO3S/c1-8(19-4)13(16)15-7-9-5-10(14)12(18-3)11(6-9)17-2/h5-6,8H,7H2,1-4H3,(H,15,16)/t8-/m1/s1. The van der Waals surface area contributed by atoms with Crippen molar-refractivity contribution in [3.05, 3.63) is 22.2 Å². The van der Waals surface area contributed by atoms with Gasteiger partial charge in [0.2, 0.25) is 5.91 Å². The molecule has 0 saturated heterocycles. The quantitative estimate of drug-likeness (QED) is 0.859. The van der Waals surface area contributed by atoms with Gasteiger partial charge in [0.15, 0.2) is 11.5 Å². The van der Waals surface area contributed by atoms with Crippen molar-refractivity contribution in [3.63, 3.8) is 0 Å². The van der Waals surface area contributed by atoms with E-state index in [1.54, 1.807) is 14.2 Å².